The number of nitrogens with one attached hydrogen (secondary N) is 2. The summed E-state index contributed by atoms with van der Waals surface area (Å²) >= 11 is 5.69. The smallest absolute Gasteiger partial charge is 0.269 e. The summed E-state index contributed by atoms with van der Waals surface area (Å²) in [4.78, 5) is 19.5. The van der Waals surface area contributed by atoms with E-state index >= 15 is 0 Å². The van der Waals surface area contributed by atoms with Crippen LogP contribution in [0.4, 0.5) is 0 Å². The van der Waals surface area contributed by atoms with Gasteiger partial charge in [-0.05, 0) is 12.1 Å². The van der Waals surface area contributed by atoms with Crippen LogP contribution >= 0.6 is 11.6 Å². The lowest BCUT2D eigenvalue weighted by atomic mass is 10.3. The van der Waals surface area contributed by atoms with Crippen LogP contribution in [-0.2, 0) is 6.42 Å². The monoisotopic (exact) mass is 251 g/mol. The molecule has 1 amide bonds. The molecule has 0 bridgehead atoms. The fraction of sp³-hybridized carbons (Fsp3) is 0.200. The molecule has 88 valence electrons. The van der Waals surface area contributed by atoms with Crippen molar-refractivity contribution in [2.24, 2.45) is 0 Å². The number of carbonyl (C=O) groups excluding carboxylic acids is 1. The van der Waals surface area contributed by atoms with Gasteiger partial charge in [-0.15, -0.1) is 0 Å². The summed E-state index contributed by atoms with van der Waals surface area (Å²) in [6.45, 7) is 0.461. The molecule has 7 heteroatoms. The number of aromatic nitrogens is 4. The summed E-state index contributed by atoms with van der Waals surface area (Å²) in [6.07, 6.45) is 2.02. The highest BCUT2D eigenvalue weighted by Crippen LogP contribution is 2.04. The lowest BCUT2D eigenvalue weighted by Gasteiger charge is -2.03. The average Bonchev–Trinajstić information content (AvgIpc) is 2.82. The van der Waals surface area contributed by atoms with Gasteiger partial charge in [0.2, 0.25) is 0 Å². The minimum Gasteiger partial charge on any atom is -0.350 e. The molecule has 0 atom stereocenters. The number of nitrogens with zero attached hydrogens (tertiary/aromatic N) is 3. The Morgan fingerprint density at radius 3 is 3.06 bits per heavy atom. The summed E-state index contributed by atoms with van der Waals surface area (Å²) in [7, 11) is 0. The molecule has 2 aromatic rings. The van der Waals surface area contributed by atoms with Crippen LogP contribution in [-0.4, -0.2) is 32.6 Å². The predicted molar refractivity (Wildman–Crippen MR) is 61.7 cm³/mol. The van der Waals surface area contributed by atoms with Gasteiger partial charge in [-0.3, -0.25) is 9.89 Å². The van der Waals surface area contributed by atoms with Crippen LogP contribution in [0, 0.1) is 0 Å². The van der Waals surface area contributed by atoms with Crippen molar-refractivity contribution in [2.75, 3.05) is 6.54 Å². The first-order valence-corrected chi connectivity index (χ1v) is 5.38. The van der Waals surface area contributed by atoms with Crippen molar-refractivity contribution in [1.29, 1.82) is 0 Å². The van der Waals surface area contributed by atoms with Crippen molar-refractivity contribution in [1.82, 2.24) is 25.5 Å². The van der Waals surface area contributed by atoms with Crippen LogP contribution in [0.3, 0.4) is 0 Å². The Morgan fingerprint density at radius 1 is 1.47 bits per heavy atom. The molecule has 2 N–H and O–H groups in total. The maximum atomic E-state index is 11.6. The van der Waals surface area contributed by atoms with Gasteiger partial charge in [0.25, 0.3) is 5.91 Å². The summed E-state index contributed by atoms with van der Waals surface area (Å²) in [5.41, 5.74) is 0.301. The molecule has 0 aliphatic heterocycles. The van der Waals surface area contributed by atoms with Crippen LogP contribution in [0.2, 0.25) is 5.15 Å². The molecule has 6 nitrogen and oxygen atoms in total. The van der Waals surface area contributed by atoms with E-state index in [2.05, 4.69) is 25.5 Å². The van der Waals surface area contributed by atoms with Crippen molar-refractivity contribution in [3.05, 3.63) is 41.2 Å². The molecular formula is C10H10ClN5O. The first-order chi connectivity index (χ1) is 8.25. The molecule has 17 heavy (non-hydrogen) atoms. The van der Waals surface area contributed by atoms with E-state index < -0.39 is 0 Å². The average molecular weight is 252 g/mol. The molecule has 2 rings (SSSR count). The molecule has 0 spiro atoms. The number of hydrogen-bond donors (Lipinski definition) is 2. The topological polar surface area (TPSA) is 83.6 Å². The van der Waals surface area contributed by atoms with Gasteiger partial charge in [0, 0.05) is 13.0 Å². The fourth-order valence-corrected chi connectivity index (χ4v) is 1.43. The van der Waals surface area contributed by atoms with Crippen molar-refractivity contribution in [2.45, 2.75) is 6.42 Å². The third-order valence-corrected chi connectivity index (χ3v) is 2.27. The summed E-state index contributed by atoms with van der Waals surface area (Å²) < 4.78 is 0. The molecule has 0 unspecified atom stereocenters. The zero-order valence-electron chi connectivity index (χ0n) is 8.85. The highest BCUT2D eigenvalue weighted by Gasteiger charge is 2.06. The number of halogens is 1. The van der Waals surface area contributed by atoms with Crippen LogP contribution in [0.15, 0.2) is 24.5 Å². The highest BCUT2D eigenvalue weighted by molar-refractivity contribution is 6.29. The Balaban J connectivity index is 1.85. The standard InChI is InChI=1S/C10H10ClN5O/c11-8-3-1-2-7(15-8)10(17)12-5-4-9-13-6-14-16-9/h1-3,6H,4-5H2,(H,12,17)(H,13,14,16). The molecule has 0 fully saturated rings. The molecule has 2 heterocycles. The number of carbonyl (C=O) groups is 1. The van der Waals surface area contributed by atoms with Gasteiger partial charge < -0.3 is 5.32 Å². The largest absolute Gasteiger partial charge is 0.350 e. The van der Waals surface area contributed by atoms with E-state index in [0.717, 1.165) is 5.82 Å². The quantitative estimate of drug-likeness (QED) is 0.789. The Bertz CT molecular complexity index is 499. The Kier molecular flexibility index (Phi) is 3.66. The minimum absolute atomic E-state index is 0.257. The number of H-pyrrole nitrogens is 1. The summed E-state index contributed by atoms with van der Waals surface area (Å²) in [6, 6.07) is 4.91. The van der Waals surface area contributed by atoms with Gasteiger partial charge in [-0.25, -0.2) is 9.97 Å². The van der Waals surface area contributed by atoms with E-state index in [0.29, 0.717) is 23.8 Å². The summed E-state index contributed by atoms with van der Waals surface area (Å²) in [5.74, 6) is 0.469. The molecule has 0 radical (unpaired) electrons. The number of aromatic amines is 1. The van der Waals surface area contributed by atoms with Gasteiger partial charge >= 0.3 is 0 Å². The van der Waals surface area contributed by atoms with Crippen molar-refractivity contribution in [3.8, 4) is 0 Å². The maximum Gasteiger partial charge on any atom is 0.269 e. The van der Waals surface area contributed by atoms with E-state index in [-0.39, 0.29) is 5.91 Å². The van der Waals surface area contributed by atoms with E-state index in [9.17, 15) is 4.79 Å². The van der Waals surface area contributed by atoms with Gasteiger partial charge in [-0.1, -0.05) is 17.7 Å². The number of hydrogen-bond acceptors (Lipinski definition) is 4. The second kappa shape index (κ2) is 5.40. The van der Waals surface area contributed by atoms with Gasteiger partial charge in [0.15, 0.2) is 0 Å². The number of amides is 1. The fourth-order valence-electron chi connectivity index (χ4n) is 1.27. The lowest BCUT2D eigenvalue weighted by molar-refractivity contribution is 0.0949. The van der Waals surface area contributed by atoms with Gasteiger partial charge in [-0.2, -0.15) is 5.10 Å². The molecule has 2 aromatic heterocycles. The van der Waals surface area contributed by atoms with Crippen molar-refractivity contribution >= 4 is 17.5 Å². The highest BCUT2D eigenvalue weighted by atomic mass is 35.5. The Labute approximate surface area is 102 Å². The van der Waals surface area contributed by atoms with Crippen LogP contribution in [0.1, 0.15) is 16.3 Å². The lowest BCUT2D eigenvalue weighted by Crippen LogP contribution is -2.26. The molecule has 0 aliphatic carbocycles. The van der Waals surface area contributed by atoms with Crippen molar-refractivity contribution < 1.29 is 4.79 Å². The third kappa shape index (κ3) is 3.25. The number of rotatable bonds is 4. The minimum atomic E-state index is -0.257. The van der Waals surface area contributed by atoms with E-state index in [4.69, 9.17) is 11.6 Å². The van der Waals surface area contributed by atoms with Gasteiger partial charge in [0.05, 0.1) is 0 Å². The van der Waals surface area contributed by atoms with Crippen molar-refractivity contribution in [3.63, 3.8) is 0 Å². The second-order valence-corrected chi connectivity index (χ2v) is 3.67. The van der Waals surface area contributed by atoms with Gasteiger partial charge in [0.1, 0.15) is 23.0 Å². The molecule has 0 aliphatic rings. The third-order valence-electron chi connectivity index (χ3n) is 2.06. The van der Waals surface area contributed by atoms with E-state index in [1.165, 1.54) is 6.33 Å². The zero-order valence-corrected chi connectivity index (χ0v) is 9.61. The first kappa shape index (κ1) is 11.5. The van der Waals surface area contributed by atoms with E-state index in [1.807, 2.05) is 0 Å². The molecule has 0 saturated heterocycles. The SMILES string of the molecule is O=C(NCCc1ncn[nH]1)c1cccc(Cl)n1. The normalized spacial score (nSPS) is 10.2. The zero-order chi connectivity index (χ0) is 12.1. The van der Waals surface area contributed by atoms with Crippen LogP contribution in [0.25, 0.3) is 0 Å². The summed E-state index contributed by atoms with van der Waals surface area (Å²) in [5, 5.41) is 9.44. The Morgan fingerprint density at radius 2 is 2.35 bits per heavy atom. The Hall–Kier alpha value is -1.95. The molecule has 0 aromatic carbocycles. The number of pyridine rings is 1. The molecular weight excluding hydrogens is 242 g/mol. The van der Waals surface area contributed by atoms with Crippen LogP contribution < -0.4 is 5.32 Å². The second-order valence-electron chi connectivity index (χ2n) is 3.28. The van der Waals surface area contributed by atoms with Crippen LogP contribution in [0.5, 0.6) is 0 Å². The van der Waals surface area contributed by atoms with E-state index in [1.54, 1.807) is 18.2 Å². The first-order valence-electron chi connectivity index (χ1n) is 5.01. The maximum absolute atomic E-state index is 11.6. The predicted octanol–water partition coefficient (Wildman–Crippen LogP) is 0.826. The molecule has 0 saturated carbocycles.